The lowest BCUT2D eigenvalue weighted by Gasteiger charge is -2.32. The average Bonchev–Trinajstić information content (AvgIpc) is 3.32. The number of nitrogens with one attached hydrogen (secondary N) is 1. The number of carbonyl (C=O) groups is 5. The molecule has 1 aliphatic heterocycles. The Balaban J connectivity index is 1.53. The van der Waals surface area contributed by atoms with Gasteiger partial charge in [-0.05, 0) is 97.2 Å². The van der Waals surface area contributed by atoms with E-state index in [0.29, 0.717) is 59.6 Å². The third-order valence-corrected chi connectivity index (χ3v) is 12.1. The maximum Gasteiger partial charge on any atom is 0.226 e. The third-order valence-electron chi connectivity index (χ3n) is 12.1. The number of rotatable bonds is 22. The summed E-state index contributed by atoms with van der Waals surface area (Å²) in [6, 6.07) is 27.0. The summed E-state index contributed by atoms with van der Waals surface area (Å²) in [5, 5.41) is 12.2. The van der Waals surface area contributed by atoms with E-state index in [1.54, 1.807) is 38.2 Å². The number of Topliss-reactive ketones (excluding diaryl/α,β-unsaturated/α-hetero) is 3. The first-order chi connectivity index (χ1) is 31.9. The number of unbranched alkanes of at least 4 members (excludes halogenated alkanes) is 1. The Labute approximate surface area is 389 Å². The minimum atomic E-state index is -1.17. The largest absolute Gasteiger partial charge is 0.492 e. The van der Waals surface area contributed by atoms with E-state index in [2.05, 4.69) is 36.5 Å². The SMILES string of the molecule is CCCCc1ccc(-c2ccc(C(=O)C[C@@H](CCCN)C(=O)N(C)[C@@H]3C(=O)C[C@@H](C)C(=O)N[C@H](CCC(=O)CC#N)Cc4ccc(OCCN)c(c4)-c4cc3ccc4OCCN)cc2)cc1. The van der Waals surface area contributed by atoms with E-state index in [0.717, 1.165) is 36.0 Å². The van der Waals surface area contributed by atoms with Crippen molar-refractivity contribution in [2.75, 3.05) is 39.9 Å². The first-order valence-electron chi connectivity index (χ1n) is 23.2. The van der Waals surface area contributed by atoms with Crippen LogP contribution in [0.1, 0.15) is 105 Å². The molecule has 350 valence electrons. The summed E-state index contributed by atoms with van der Waals surface area (Å²) in [6.45, 7) is 5.02. The van der Waals surface area contributed by atoms with E-state index in [9.17, 15) is 24.0 Å². The van der Waals surface area contributed by atoms with Crippen LogP contribution in [0.5, 0.6) is 11.5 Å². The lowest BCUT2D eigenvalue weighted by molar-refractivity contribution is -0.142. The number of hydrogen-bond acceptors (Lipinski definition) is 11. The summed E-state index contributed by atoms with van der Waals surface area (Å²) in [5.41, 5.74) is 24.0. The third kappa shape index (κ3) is 13.9. The van der Waals surface area contributed by atoms with Crippen LogP contribution in [0, 0.1) is 23.2 Å². The monoisotopic (exact) mass is 898 g/mol. The minimum absolute atomic E-state index is 0.0806. The van der Waals surface area contributed by atoms with Crippen LogP contribution in [-0.2, 0) is 32.0 Å². The van der Waals surface area contributed by atoms with E-state index >= 15 is 0 Å². The molecule has 0 unspecified atom stereocenters. The molecule has 4 aromatic carbocycles. The maximum atomic E-state index is 14.8. The molecule has 0 radical (unpaired) electrons. The maximum absolute atomic E-state index is 14.8. The number of amides is 2. The lowest BCUT2D eigenvalue weighted by Crippen LogP contribution is -2.43. The van der Waals surface area contributed by atoms with Crippen LogP contribution < -0.4 is 32.0 Å². The first-order valence-corrected chi connectivity index (χ1v) is 23.2. The van der Waals surface area contributed by atoms with Gasteiger partial charge in [0.25, 0.3) is 0 Å². The molecule has 13 nitrogen and oxygen atoms in total. The number of hydrogen-bond donors (Lipinski definition) is 4. The number of nitrogens with two attached hydrogens (primary N) is 3. The standard InChI is InChI=1S/C53H66N6O7/c1-4-5-7-36-9-12-38(13-10-36)39-14-16-40(17-15-39)47(61)34-42(8-6-24-54)53(64)59(3)51-41-18-22-50(66-29-27-57)46(33-41)45-32-37(11-21-49(45)65-28-26-56)31-43(19-20-44(60)23-25-55)58-52(63)35(2)30-48(51)62/h9-18,21-22,32-33,35,42-43,51H,4-8,19-20,23-24,26-31,34,54,56-57H2,1-3H3,(H,58,63)/t35-,42-,43-,51+/m1/s1. The smallest absolute Gasteiger partial charge is 0.226 e. The van der Waals surface area contributed by atoms with Crippen LogP contribution in [0.2, 0.25) is 0 Å². The Hall–Kier alpha value is -6.20. The van der Waals surface area contributed by atoms with Crippen LogP contribution >= 0.6 is 0 Å². The molecule has 0 spiro atoms. The molecule has 4 aromatic rings. The highest BCUT2D eigenvalue weighted by Gasteiger charge is 2.36. The Morgan fingerprint density at radius 1 is 0.833 bits per heavy atom. The van der Waals surface area contributed by atoms with Gasteiger partial charge in [-0.15, -0.1) is 0 Å². The fourth-order valence-corrected chi connectivity index (χ4v) is 8.46. The van der Waals surface area contributed by atoms with Crippen molar-refractivity contribution in [3.63, 3.8) is 0 Å². The Bertz CT molecular complexity index is 2320. The quantitative estimate of drug-likeness (QED) is 0.0585. The molecule has 4 bridgehead atoms. The highest BCUT2D eigenvalue weighted by molar-refractivity contribution is 6.00. The number of likely N-dealkylation sites (N-methyl/N-ethyl adjacent to an activating group) is 1. The number of nitrogens with zero attached hydrogens (tertiary/aromatic N) is 2. The molecule has 5 rings (SSSR count). The van der Waals surface area contributed by atoms with Crippen LogP contribution in [0.25, 0.3) is 22.3 Å². The van der Waals surface area contributed by atoms with E-state index in [4.69, 9.17) is 31.9 Å². The Kier molecular flexibility index (Phi) is 19.6. The van der Waals surface area contributed by atoms with Crippen molar-refractivity contribution in [1.82, 2.24) is 10.2 Å². The van der Waals surface area contributed by atoms with Gasteiger partial charge in [0, 0.05) is 74.0 Å². The van der Waals surface area contributed by atoms with Gasteiger partial charge < -0.3 is 36.9 Å². The fourth-order valence-electron chi connectivity index (χ4n) is 8.46. The van der Waals surface area contributed by atoms with Crippen LogP contribution in [0.15, 0.2) is 84.9 Å². The summed E-state index contributed by atoms with van der Waals surface area (Å²) >= 11 is 0. The molecule has 1 aliphatic rings. The van der Waals surface area contributed by atoms with Crippen molar-refractivity contribution in [3.8, 4) is 39.8 Å². The van der Waals surface area contributed by atoms with Crippen molar-refractivity contribution in [3.05, 3.63) is 107 Å². The molecule has 13 heteroatoms. The zero-order valence-electron chi connectivity index (χ0n) is 38.7. The van der Waals surface area contributed by atoms with Gasteiger partial charge in [-0.1, -0.05) is 80.9 Å². The molecule has 0 aromatic heterocycles. The van der Waals surface area contributed by atoms with Crippen LogP contribution in [-0.4, -0.2) is 80.0 Å². The second-order valence-electron chi connectivity index (χ2n) is 17.2. The van der Waals surface area contributed by atoms with Crippen LogP contribution in [0.4, 0.5) is 0 Å². The molecule has 66 heavy (non-hydrogen) atoms. The van der Waals surface area contributed by atoms with Gasteiger partial charge in [0.1, 0.15) is 36.5 Å². The summed E-state index contributed by atoms with van der Waals surface area (Å²) in [6.07, 6.45) is 4.23. The molecule has 1 heterocycles. The number of carbonyl (C=O) groups excluding carboxylic acids is 5. The number of ether oxygens (including phenoxy) is 2. The van der Waals surface area contributed by atoms with Crippen molar-refractivity contribution in [1.29, 1.82) is 5.26 Å². The van der Waals surface area contributed by atoms with E-state index < -0.39 is 29.8 Å². The second kappa shape index (κ2) is 25.5. The van der Waals surface area contributed by atoms with E-state index in [-0.39, 0.29) is 81.7 Å². The highest BCUT2D eigenvalue weighted by atomic mass is 16.5. The number of aryl methyl sites for hydroxylation is 1. The van der Waals surface area contributed by atoms with Gasteiger partial charge in [0.05, 0.1) is 12.5 Å². The Morgan fingerprint density at radius 3 is 2.09 bits per heavy atom. The summed E-state index contributed by atoms with van der Waals surface area (Å²) < 4.78 is 12.3. The van der Waals surface area contributed by atoms with Gasteiger partial charge in [-0.2, -0.15) is 5.26 Å². The van der Waals surface area contributed by atoms with Crippen molar-refractivity contribution in [2.45, 2.75) is 96.6 Å². The molecule has 0 saturated heterocycles. The number of benzene rings is 4. The van der Waals surface area contributed by atoms with E-state index in [1.165, 1.54) is 10.5 Å². The normalized spacial score (nSPS) is 16.6. The fraction of sp³-hybridized carbons (Fsp3) is 0.434. The molecule has 0 fully saturated rings. The zero-order chi connectivity index (χ0) is 47.6. The van der Waals surface area contributed by atoms with Crippen molar-refractivity contribution < 1.29 is 33.4 Å². The van der Waals surface area contributed by atoms with Gasteiger partial charge in [-0.3, -0.25) is 24.0 Å². The van der Waals surface area contributed by atoms with Crippen molar-refractivity contribution >= 4 is 29.2 Å². The van der Waals surface area contributed by atoms with Gasteiger partial charge in [-0.25, -0.2) is 0 Å². The first kappa shape index (κ1) is 50.8. The van der Waals surface area contributed by atoms with Gasteiger partial charge in [0.15, 0.2) is 11.6 Å². The van der Waals surface area contributed by atoms with E-state index in [1.807, 2.05) is 42.5 Å². The van der Waals surface area contributed by atoms with Crippen LogP contribution in [0.3, 0.4) is 0 Å². The van der Waals surface area contributed by atoms with Crippen molar-refractivity contribution in [2.24, 2.45) is 29.0 Å². The summed E-state index contributed by atoms with van der Waals surface area (Å²) in [4.78, 5) is 71.3. The van der Waals surface area contributed by atoms with Gasteiger partial charge >= 0.3 is 0 Å². The predicted octanol–water partition coefficient (Wildman–Crippen LogP) is 7.06. The zero-order valence-corrected chi connectivity index (χ0v) is 38.7. The molecule has 0 aliphatic carbocycles. The molecule has 4 atom stereocenters. The number of fused-ring (bicyclic) bond motifs is 5. The number of ketones is 3. The minimum Gasteiger partial charge on any atom is -0.492 e. The highest BCUT2D eigenvalue weighted by Crippen LogP contribution is 2.41. The topological polar surface area (TPSA) is 221 Å². The predicted molar refractivity (Wildman–Crippen MR) is 257 cm³/mol. The molecular formula is C53H66N6O7. The Morgan fingerprint density at radius 2 is 1.47 bits per heavy atom. The summed E-state index contributed by atoms with van der Waals surface area (Å²) in [7, 11) is 1.56. The van der Waals surface area contributed by atoms with Gasteiger partial charge in [0.2, 0.25) is 11.8 Å². The lowest BCUT2D eigenvalue weighted by atomic mass is 9.88. The molecular weight excluding hydrogens is 833 g/mol. The molecule has 2 amide bonds. The summed E-state index contributed by atoms with van der Waals surface area (Å²) in [5.74, 6) is -2.28. The molecule has 7 N–H and O–H groups in total. The average molecular weight is 899 g/mol. The molecule has 0 saturated carbocycles. The second-order valence-corrected chi connectivity index (χ2v) is 17.2. The number of nitriles is 1.